The van der Waals surface area contributed by atoms with Crippen LogP contribution in [0.25, 0.3) is 10.8 Å². The smallest absolute Gasteiger partial charge is 0.344 e. The molecule has 0 spiro atoms. The van der Waals surface area contributed by atoms with Crippen molar-refractivity contribution < 1.29 is 32.4 Å². The third kappa shape index (κ3) is 6.53. The van der Waals surface area contributed by atoms with Crippen LogP contribution in [0.3, 0.4) is 0 Å². The number of anilines is 2. The van der Waals surface area contributed by atoms with Gasteiger partial charge in [-0.1, -0.05) is 36.4 Å². The molecule has 4 aromatic carbocycles. The van der Waals surface area contributed by atoms with Crippen LogP contribution in [0.1, 0.15) is 6.92 Å². The van der Waals surface area contributed by atoms with Crippen molar-refractivity contribution in [2.75, 3.05) is 23.3 Å². The molecule has 0 saturated carbocycles. The number of benzene rings is 4. The van der Waals surface area contributed by atoms with Crippen molar-refractivity contribution in [3.63, 3.8) is 0 Å². The lowest BCUT2D eigenvalue weighted by atomic mass is 10.1. The molecule has 1 unspecified atom stereocenters. The van der Waals surface area contributed by atoms with E-state index in [2.05, 4.69) is 5.32 Å². The molecule has 0 bridgehead atoms. The lowest BCUT2D eigenvalue weighted by Crippen LogP contribution is -2.31. The molecule has 0 saturated heterocycles. The Bertz CT molecular complexity index is 1670. The minimum atomic E-state index is -3.83. The minimum absolute atomic E-state index is 0.153. The quantitative estimate of drug-likeness (QED) is 0.168. The van der Waals surface area contributed by atoms with Crippen LogP contribution in [0.4, 0.5) is 17.1 Å². The number of nitrogens with zero attached hydrogens (tertiary/aromatic N) is 2. The molecule has 12 heteroatoms. The van der Waals surface area contributed by atoms with Crippen LogP contribution in [0.15, 0.2) is 95.9 Å². The van der Waals surface area contributed by atoms with Crippen molar-refractivity contribution >= 4 is 49.7 Å². The van der Waals surface area contributed by atoms with Gasteiger partial charge in [-0.25, -0.2) is 13.2 Å². The zero-order valence-electron chi connectivity index (χ0n) is 21.5. The van der Waals surface area contributed by atoms with E-state index in [1.165, 1.54) is 62.5 Å². The summed E-state index contributed by atoms with van der Waals surface area (Å²) in [6.07, 6.45) is -1.19. The van der Waals surface area contributed by atoms with Crippen LogP contribution in [-0.2, 0) is 24.3 Å². The first kappa shape index (κ1) is 28.0. The summed E-state index contributed by atoms with van der Waals surface area (Å²) in [7, 11) is -2.38. The van der Waals surface area contributed by atoms with Crippen molar-refractivity contribution in [1.29, 1.82) is 0 Å². The number of nitro benzene ring substituents is 1. The molecular weight excluding hydrogens is 538 g/mol. The highest BCUT2D eigenvalue weighted by atomic mass is 32.2. The number of amides is 1. The molecular formula is C28H25N3O8S. The van der Waals surface area contributed by atoms with Crippen LogP contribution < -0.4 is 14.4 Å². The molecule has 0 aromatic heterocycles. The van der Waals surface area contributed by atoms with Gasteiger partial charge in [0.15, 0.2) is 12.7 Å². The first-order valence-corrected chi connectivity index (χ1v) is 13.4. The normalized spacial score (nSPS) is 11.8. The van der Waals surface area contributed by atoms with Gasteiger partial charge in [-0.2, -0.15) is 0 Å². The Morgan fingerprint density at radius 1 is 0.950 bits per heavy atom. The lowest BCUT2D eigenvalue weighted by Gasteiger charge is -2.20. The summed E-state index contributed by atoms with van der Waals surface area (Å²) < 4.78 is 38.0. The maximum absolute atomic E-state index is 13.2. The van der Waals surface area contributed by atoms with Crippen molar-refractivity contribution in [2.45, 2.75) is 17.9 Å². The van der Waals surface area contributed by atoms with Crippen LogP contribution in [0.5, 0.6) is 5.75 Å². The van der Waals surface area contributed by atoms with Crippen molar-refractivity contribution in [2.24, 2.45) is 0 Å². The molecule has 40 heavy (non-hydrogen) atoms. The summed E-state index contributed by atoms with van der Waals surface area (Å²) in [5.41, 5.74) is 0.375. The van der Waals surface area contributed by atoms with E-state index in [1.807, 2.05) is 24.3 Å². The van der Waals surface area contributed by atoms with Gasteiger partial charge in [-0.15, -0.1) is 0 Å². The van der Waals surface area contributed by atoms with Gasteiger partial charge >= 0.3 is 5.97 Å². The molecule has 0 aliphatic rings. The van der Waals surface area contributed by atoms with E-state index in [0.717, 1.165) is 15.1 Å². The van der Waals surface area contributed by atoms with Gasteiger partial charge < -0.3 is 14.8 Å². The standard InChI is InChI=1S/C28H25N3O8S/c1-19(28(33)29-22-8-5-9-24(17-22)31(34)35)39-27(32)18-38-25-13-11-23(12-14-25)30(2)40(36,37)26-15-10-20-6-3-4-7-21(20)16-26/h3-17,19H,18H2,1-2H3,(H,29,33). The molecule has 1 atom stereocenters. The minimum Gasteiger partial charge on any atom is -0.482 e. The number of hydrogen-bond acceptors (Lipinski definition) is 8. The Morgan fingerprint density at radius 3 is 2.35 bits per heavy atom. The number of rotatable bonds is 10. The summed E-state index contributed by atoms with van der Waals surface area (Å²) >= 11 is 0. The fourth-order valence-electron chi connectivity index (χ4n) is 3.75. The Labute approximate surface area is 230 Å². The number of carbonyl (C=O) groups is 2. The average Bonchev–Trinajstić information content (AvgIpc) is 2.95. The molecule has 0 radical (unpaired) electrons. The van der Waals surface area contributed by atoms with Gasteiger partial charge in [0.25, 0.3) is 21.6 Å². The largest absolute Gasteiger partial charge is 0.482 e. The Kier molecular flexibility index (Phi) is 8.29. The highest BCUT2D eigenvalue weighted by molar-refractivity contribution is 7.92. The topological polar surface area (TPSA) is 145 Å². The molecule has 1 amide bonds. The fraction of sp³-hybridized carbons (Fsp3) is 0.143. The summed E-state index contributed by atoms with van der Waals surface area (Å²) in [6.45, 7) is 0.851. The third-order valence-electron chi connectivity index (χ3n) is 5.94. The van der Waals surface area contributed by atoms with Crippen LogP contribution in [0, 0.1) is 10.1 Å². The molecule has 4 rings (SSSR count). The SMILES string of the molecule is CC(OC(=O)COc1ccc(N(C)S(=O)(=O)c2ccc3ccccc3c2)cc1)C(=O)Nc1cccc([N+](=O)[O-])c1. The monoisotopic (exact) mass is 563 g/mol. The molecule has 1 N–H and O–H groups in total. The predicted molar refractivity (Wildman–Crippen MR) is 149 cm³/mol. The van der Waals surface area contributed by atoms with Gasteiger partial charge in [0.2, 0.25) is 0 Å². The lowest BCUT2D eigenvalue weighted by molar-refractivity contribution is -0.384. The van der Waals surface area contributed by atoms with Crippen LogP contribution >= 0.6 is 0 Å². The highest BCUT2D eigenvalue weighted by Crippen LogP contribution is 2.26. The number of hydrogen-bond donors (Lipinski definition) is 1. The average molecular weight is 564 g/mol. The number of nitro groups is 1. The first-order chi connectivity index (χ1) is 19.0. The molecule has 4 aromatic rings. The second-order valence-corrected chi connectivity index (χ2v) is 10.7. The first-order valence-electron chi connectivity index (χ1n) is 12.0. The van der Waals surface area contributed by atoms with Gasteiger partial charge in [0.1, 0.15) is 5.75 Å². The summed E-state index contributed by atoms with van der Waals surface area (Å²) in [5, 5.41) is 15.1. The number of esters is 1. The van der Waals surface area contributed by atoms with Gasteiger partial charge in [0.05, 0.1) is 15.5 Å². The zero-order chi connectivity index (χ0) is 28.9. The fourth-order valence-corrected chi connectivity index (χ4v) is 4.98. The third-order valence-corrected chi connectivity index (χ3v) is 7.72. The maximum atomic E-state index is 13.2. The van der Waals surface area contributed by atoms with Crippen molar-refractivity contribution in [3.8, 4) is 5.75 Å². The second-order valence-electron chi connectivity index (χ2n) is 8.69. The number of fused-ring (bicyclic) bond motifs is 1. The molecule has 0 aliphatic heterocycles. The Balaban J connectivity index is 1.31. The number of sulfonamides is 1. The summed E-state index contributed by atoms with van der Waals surface area (Å²) in [6, 6.07) is 23.8. The molecule has 0 fully saturated rings. The predicted octanol–water partition coefficient (Wildman–Crippen LogP) is 4.52. The molecule has 0 aliphatic carbocycles. The van der Waals surface area contributed by atoms with E-state index in [-0.39, 0.29) is 22.0 Å². The van der Waals surface area contributed by atoms with E-state index in [1.54, 1.807) is 18.2 Å². The number of ether oxygens (including phenoxy) is 2. The van der Waals surface area contributed by atoms with E-state index >= 15 is 0 Å². The molecule has 11 nitrogen and oxygen atoms in total. The highest BCUT2D eigenvalue weighted by Gasteiger charge is 2.22. The van der Waals surface area contributed by atoms with E-state index in [4.69, 9.17) is 9.47 Å². The van der Waals surface area contributed by atoms with E-state index < -0.39 is 39.5 Å². The van der Waals surface area contributed by atoms with E-state index in [9.17, 15) is 28.1 Å². The van der Waals surface area contributed by atoms with Crippen molar-refractivity contribution in [1.82, 2.24) is 0 Å². The zero-order valence-corrected chi connectivity index (χ0v) is 22.3. The van der Waals surface area contributed by atoms with Crippen molar-refractivity contribution in [3.05, 3.63) is 101 Å². The number of non-ortho nitro benzene ring substituents is 1. The molecule has 0 heterocycles. The Hall–Kier alpha value is -4.97. The summed E-state index contributed by atoms with van der Waals surface area (Å²) in [5.74, 6) is -1.21. The van der Waals surface area contributed by atoms with Gasteiger partial charge in [-0.3, -0.25) is 19.2 Å². The molecule has 206 valence electrons. The van der Waals surface area contributed by atoms with Crippen LogP contribution in [-0.4, -0.2) is 45.0 Å². The van der Waals surface area contributed by atoms with Crippen LogP contribution in [0.2, 0.25) is 0 Å². The van der Waals surface area contributed by atoms with Gasteiger partial charge in [0, 0.05) is 24.9 Å². The van der Waals surface area contributed by atoms with E-state index in [0.29, 0.717) is 5.69 Å². The Morgan fingerprint density at radius 2 is 1.65 bits per heavy atom. The number of nitrogens with one attached hydrogen (secondary N) is 1. The number of carbonyl (C=O) groups excluding carboxylic acids is 2. The summed E-state index contributed by atoms with van der Waals surface area (Å²) in [4.78, 5) is 34.9. The van der Waals surface area contributed by atoms with Gasteiger partial charge in [-0.05, 0) is 60.2 Å². The maximum Gasteiger partial charge on any atom is 0.344 e. The second kappa shape index (κ2) is 11.8.